The lowest BCUT2D eigenvalue weighted by Gasteiger charge is -2.09. The van der Waals surface area contributed by atoms with E-state index in [4.69, 9.17) is 10.4 Å². The zero-order valence-electron chi connectivity index (χ0n) is 10.9. The summed E-state index contributed by atoms with van der Waals surface area (Å²) in [6, 6.07) is 9.58. The van der Waals surface area contributed by atoms with E-state index in [-0.39, 0.29) is 0 Å². The molecule has 20 heavy (non-hydrogen) atoms. The number of rotatable bonds is 4. The molecule has 1 aromatic carbocycles. The average Bonchev–Trinajstić information content (AvgIpc) is 2.90. The van der Waals surface area contributed by atoms with Crippen LogP contribution in [0.25, 0.3) is 10.9 Å². The molecule has 0 aliphatic carbocycles. The van der Waals surface area contributed by atoms with Crippen molar-refractivity contribution >= 4 is 22.7 Å². The van der Waals surface area contributed by atoms with E-state index in [1.807, 2.05) is 37.3 Å². The maximum atomic E-state index is 5.39. The van der Waals surface area contributed by atoms with Gasteiger partial charge in [0.1, 0.15) is 17.3 Å². The Hall–Kier alpha value is -2.67. The number of hydrazine groups is 1. The second kappa shape index (κ2) is 5.14. The zero-order valence-corrected chi connectivity index (χ0v) is 10.9. The second-order valence-electron chi connectivity index (χ2n) is 4.34. The summed E-state index contributed by atoms with van der Waals surface area (Å²) in [5, 5.41) is 8.08. The lowest BCUT2D eigenvalue weighted by atomic mass is 10.2. The minimum absolute atomic E-state index is 0.363. The molecule has 0 saturated carbocycles. The molecule has 0 atom stereocenters. The molecule has 7 heteroatoms. The van der Waals surface area contributed by atoms with E-state index in [0.29, 0.717) is 18.3 Å². The number of aryl methyl sites for hydroxylation is 1. The maximum Gasteiger partial charge on any atom is 0.239 e. The van der Waals surface area contributed by atoms with Crippen molar-refractivity contribution in [2.45, 2.75) is 13.5 Å². The van der Waals surface area contributed by atoms with Gasteiger partial charge in [-0.05, 0) is 19.1 Å². The first-order valence-electron chi connectivity index (χ1n) is 6.16. The highest BCUT2D eigenvalue weighted by Crippen LogP contribution is 2.21. The van der Waals surface area contributed by atoms with Gasteiger partial charge in [0.2, 0.25) is 5.95 Å². The average molecular weight is 270 g/mol. The third-order valence-electron chi connectivity index (χ3n) is 2.85. The Balaban J connectivity index is 1.93. The van der Waals surface area contributed by atoms with Crippen molar-refractivity contribution in [1.29, 1.82) is 0 Å². The number of aromatic nitrogens is 3. The fourth-order valence-corrected chi connectivity index (χ4v) is 1.95. The standard InChI is InChI=1S/C13H14N6O/c1-8-6-9(19-20-8)7-15-12-10-4-2-3-5-11(10)16-13(17-12)18-14/h2-6H,7,14H2,1H3,(H2,15,16,17,18). The van der Waals surface area contributed by atoms with Crippen molar-refractivity contribution in [2.24, 2.45) is 5.84 Å². The van der Waals surface area contributed by atoms with Gasteiger partial charge in [-0.1, -0.05) is 17.3 Å². The highest BCUT2D eigenvalue weighted by molar-refractivity contribution is 5.89. The fraction of sp³-hybridized carbons (Fsp3) is 0.154. The van der Waals surface area contributed by atoms with Crippen LogP contribution in [0.5, 0.6) is 0 Å². The number of fused-ring (bicyclic) bond motifs is 1. The molecule has 3 aromatic rings. The number of hydrogen-bond donors (Lipinski definition) is 3. The van der Waals surface area contributed by atoms with Crippen molar-refractivity contribution in [2.75, 3.05) is 10.7 Å². The topological polar surface area (TPSA) is 102 Å². The summed E-state index contributed by atoms with van der Waals surface area (Å²) in [6.45, 7) is 2.37. The van der Waals surface area contributed by atoms with Crippen molar-refractivity contribution in [3.05, 3.63) is 41.8 Å². The highest BCUT2D eigenvalue weighted by Gasteiger charge is 2.07. The first-order chi connectivity index (χ1) is 9.76. The second-order valence-corrected chi connectivity index (χ2v) is 4.34. The van der Waals surface area contributed by atoms with Gasteiger partial charge in [-0.2, -0.15) is 4.98 Å². The number of nitrogens with two attached hydrogens (primary N) is 1. The first-order valence-corrected chi connectivity index (χ1v) is 6.16. The van der Waals surface area contributed by atoms with E-state index in [0.717, 1.165) is 22.4 Å². The molecule has 0 amide bonds. The van der Waals surface area contributed by atoms with Gasteiger partial charge < -0.3 is 9.84 Å². The Kier molecular flexibility index (Phi) is 3.18. The molecule has 4 N–H and O–H groups in total. The van der Waals surface area contributed by atoms with Gasteiger partial charge in [0.15, 0.2) is 0 Å². The van der Waals surface area contributed by atoms with Gasteiger partial charge in [-0.3, -0.25) is 5.43 Å². The minimum atomic E-state index is 0.363. The third-order valence-corrected chi connectivity index (χ3v) is 2.85. The highest BCUT2D eigenvalue weighted by atomic mass is 16.5. The number of nitrogens with zero attached hydrogens (tertiary/aromatic N) is 3. The van der Waals surface area contributed by atoms with Crippen LogP contribution in [-0.4, -0.2) is 15.1 Å². The van der Waals surface area contributed by atoms with Crippen LogP contribution in [-0.2, 0) is 6.54 Å². The fourth-order valence-electron chi connectivity index (χ4n) is 1.95. The van der Waals surface area contributed by atoms with E-state index in [1.54, 1.807) is 0 Å². The Bertz CT molecular complexity index is 739. The number of nitrogen functional groups attached to an aromatic ring is 1. The zero-order chi connectivity index (χ0) is 13.9. The third kappa shape index (κ3) is 2.39. The van der Waals surface area contributed by atoms with Crippen LogP contribution in [0.4, 0.5) is 11.8 Å². The smallest absolute Gasteiger partial charge is 0.239 e. The predicted octanol–water partition coefficient (Wildman–Crippen LogP) is 1.82. The Morgan fingerprint density at radius 3 is 2.85 bits per heavy atom. The molecule has 0 aliphatic rings. The van der Waals surface area contributed by atoms with Gasteiger partial charge in [0, 0.05) is 11.5 Å². The van der Waals surface area contributed by atoms with Crippen molar-refractivity contribution in [3.63, 3.8) is 0 Å². The van der Waals surface area contributed by atoms with Crippen LogP contribution in [0.1, 0.15) is 11.5 Å². The van der Waals surface area contributed by atoms with Crippen LogP contribution >= 0.6 is 0 Å². The van der Waals surface area contributed by atoms with Crippen LogP contribution in [0.2, 0.25) is 0 Å². The van der Waals surface area contributed by atoms with E-state index in [2.05, 4.69) is 25.9 Å². The molecule has 0 saturated heterocycles. The lowest BCUT2D eigenvalue weighted by Crippen LogP contribution is -2.12. The molecular formula is C13H14N6O. The minimum Gasteiger partial charge on any atom is -0.364 e. The van der Waals surface area contributed by atoms with E-state index < -0.39 is 0 Å². The van der Waals surface area contributed by atoms with Crippen molar-refractivity contribution in [1.82, 2.24) is 15.1 Å². The van der Waals surface area contributed by atoms with Crippen molar-refractivity contribution < 1.29 is 4.52 Å². The molecule has 0 radical (unpaired) electrons. The van der Waals surface area contributed by atoms with Crippen LogP contribution in [0.3, 0.4) is 0 Å². The summed E-state index contributed by atoms with van der Waals surface area (Å²) in [6.07, 6.45) is 0. The number of anilines is 2. The molecule has 0 spiro atoms. The van der Waals surface area contributed by atoms with Crippen molar-refractivity contribution in [3.8, 4) is 0 Å². The predicted molar refractivity (Wildman–Crippen MR) is 75.9 cm³/mol. The van der Waals surface area contributed by atoms with E-state index in [9.17, 15) is 0 Å². The summed E-state index contributed by atoms with van der Waals surface area (Å²) in [5.74, 6) is 7.23. The quantitative estimate of drug-likeness (QED) is 0.491. The molecule has 3 rings (SSSR count). The van der Waals surface area contributed by atoms with Gasteiger partial charge >= 0.3 is 0 Å². The number of para-hydroxylation sites is 1. The summed E-state index contributed by atoms with van der Waals surface area (Å²) in [5.41, 5.74) is 4.09. The molecule has 0 fully saturated rings. The molecule has 2 aromatic heterocycles. The van der Waals surface area contributed by atoms with Gasteiger partial charge in [0.05, 0.1) is 12.1 Å². The Labute approximate surface area is 115 Å². The van der Waals surface area contributed by atoms with Crippen LogP contribution < -0.4 is 16.6 Å². The summed E-state index contributed by atoms with van der Waals surface area (Å²) >= 11 is 0. The monoisotopic (exact) mass is 270 g/mol. The lowest BCUT2D eigenvalue weighted by molar-refractivity contribution is 0.391. The largest absolute Gasteiger partial charge is 0.364 e. The number of nitrogens with one attached hydrogen (secondary N) is 2. The molecule has 102 valence electrons. The first kappa shape index (κ1) is 12.4. The van der Waals surface area contributed by atoms with E-state index in [1.165, 1.54) is 0 Å². The van der Waals surface area contributed by atoms with Crippen LogP contribution in [0.15, 0.2) is 34.9 Å². The summed E-state index contributed by atoms with van der Waals surface area (Å²) < 4.78 is 5.03. The molecule has 0 bridgehead atoms. The number of hydrogen-bond acceptors (Lipinski definition) is 7. The SMILES string of the molecule is Cc1cc(CNc2nc(NN)nc3ccccc23)no1. The summed E-state index contributed by atoms with van der Waals surface area (Å²) in [4.78, 5) is 8.62. The Morgan fingerprint density at radius 2 is 2.10 bits per heavy atom. The molecule has 7 nitrogen and oxygen atoms in total. The molecule has 0 aliphatic heterocycles. The van der Waals surface area contributed by atoms with Gasteiger partial charge in [0.25, 0.3) is 0 Å². The van der Waals surface area contributed by atoms with E-state index >= 15 is 0 Å². The van der Waals surface area contributed by atoms with Gasteiger partial charge in [-0.15, -0.1) is 0 Å². The molecule has 0 unspecified atom stereocenters. The van der Waals surface area contributed by atoms with Crippen LogP contribution in [0, 0.1) is 6.92 Å². The Morgan fingerprint density at radius 1 is 1.25 bits per heavy atom. The summed E-state index contributed by atoms with van der Waals surface area (Å²) in [7, 11) is 0. The number of benzene rings is 1. The maximum absolute atomic E-state index is 5.39. The van der Waals surface area contributed by atoms with Gasteiger partial charge in [-0.25, -0.2) is 10.8 Å². The molecule has 2 heterocycles. The molecular weight excluding hydrogens is 256 g/mol. The normalized spacial score (nSPS) is 10.7.